The molecule has 298 valence electrons. The molecule has 0 spiro atoms. The van der Waals surface area contributed by atoms with Crippen molar-refractivity contribution in [3.8, 4) is 0 Å². The lowest BCUT2D eigenvalue weighted by Crippen LogP contribution is -2.37. The van der Waals surface area contributed by atoms with Crippen LogP contribution in [0.3, 0.4) is 0 Å². The molecule has 0 heterocycles. The quantitative estimate of drug-likeness (QED) is 0.0267. The molecule has 0 saturated carbocycles. The first-order valence-corrected chi connectivity index (χ1v) is 22.2. The first-order valence-electron chi connectivity index (χ1n) is 20.7. The van der Waals surface area contributed by atoms with E-state index in [1.807, 2.05) is 21.1 Å². The van der Waals surface area contributed by atoms with Crippen molar-refractivity contribution in [2.75, 3.05) is 47.5 Å². The zero-order chi connectivity index (χ0) is 37.2. The lowest BCUT2D eigenvalue weighted by atomic mass is 10.0. The second-order valence-electron chi connectivity index (χ2n) is 15.4. The smallest absolute Gasteiger partial charge is 0.306 e. The highest BCUT2D eigenvalue weighted by molar-refractivity contribution is 7.45. The van der Waals surface area contributed by atoms with Gasteiger partial charge in [-0.2, -0.15) is 0 Å². The van der Waals surface area contributed by atoms with E-state index in [0.29, 0.717) is 17.4 Å². The Labute approximate surface area is 308 Å². The Bertz CT molecular complexity index is 835. The number of hydrogen-bond donors (Lipinski definition) is 0. The zero-order valence-electron chi connectivity index (χ0n) is 33.4. The second kappa shape index (κ2) is 33.8. The predicted octanol–water partition coefficient (Wildman–Crippen LogP) is 10.6. The van der Waals surface area contributed by atoms with E-state index in [4.69, 9.17) is 18.5 Å². The number of phosphoric acid groups is 1. The van der Waals surface area contributed by atoms with Gasteiger partial charge in [0.05, 0.1) is 27.7 Å². The average Bonchev–Trinajstić information content (AvgIpc) is 3.06. The summed E-state index contributed by atoms with van der Waals surface area (Å²) < 4.78 is 33.8. The van der Waals surface area contributed by atoms with E-state index in [-0.39, 0.29) is 32.0 Å². The van der Waals surface area contributed by atoms with Gasteiger partial charge in [-0.3, -0.25) is 14.2 Å². The molecule has 0 aromatic heterocycles. The monoisotopic (exact) mass is 736 g/mol. The van der Waals surface area contributed by atoms with Crippen LogP contribution in [0.2, 0.25) is 0 Å². The largest absolute Gasteiger partial charge is 0.756 e. The van der Waals surface area contributed by atoms with Gasteiger partial charge in [-0.25, -0.2) is 0 Å². The highest BCUT2D eigenvalue weighted by atomic mass is 31.2. The molecule has 2 atom stereocenters. The first-order chi connectivity index (χ1) is 24.0. The van der Waals surface area contributed by atoms with Crippen molar-refractivity contribution in [2.24, 2.45) is 0 Å². The third-order valence-corrected chi connectivity index (χ3v) is 10.1. The minimum absolute atomic E-state index is 0.0259. The van der Waals surface area contributed by atoms with Crippen LogP contribution in [-0.2, 0) is 32.7 Å². The van der Waals surface area contributed by atoms with Gasteiger partial charge >= 0.3 is 11.9 Å². The van der Waals surface area contributed by atoms with Crippen LogP contribution in [0, 0.1) is 0 Å². The lowest BCUT2D eigenvalue weighted by Gasteiger charge is -2.28. The van der Waals surface area contributed by atoms with Gasteiger partial charge < -0.3 is 27.9 Å². The molecular formula is C40H80NO8P. The van der Waals surface area contributed by atoms with Crippen molar-refractivity contribution in [3.63, 3.8) is 0 Å². The molecule has 9 nitrogen and oxygen atoms in total. The summed E-state index contributed by atoms with van der Waals surface area (Å²) >= 11 is 0. The first kappa shape index (κ1) is 49.0. The van der Waals surface area contributed by atoms with Crippen LogP contribution in [0.15, 0.2) is 0 Å². The minimum Gasteiger partial charge on any atom is -0.756 e. The number of nitrogens with zero attached hydrogens (tertiary/aromatic N) is 1. The molecule has 0 N–H and O–H groups in total. The van der Waals surface area contributed by atoms with Crippen molar-refractivity contribution in [1.29, 1.82) is 0 Å². The average molecular weight is 736 g/mol. The Kier molecular flexibility index (Phi) is 33.2. The van der Waals surface area contributed by atoms with E-state index in [1.165, 1.54) is 128 Å². The standard InChI is InChI=1S/C40H80NO8P/c1-6-8-10-12-14-16-18-20-22-24-26-28-30-32-39(42)46-36-38(37-48-50(44,45)47-35-34-41(3,4)5)49-40(43)33-31-29-27-25-23-21-19-17-15-13-11-9-7-2/h38H,6-37H2,1-5H3/t38-/m1/s1/i40+2. The summed E-state index contributed by atoms with van der Waals surface area (Å²) in [5.41, 5.74) is 0. The molecule has 50 heavy (non-hydrogen) atoms. The molecule has 0 aliphatic heterocycles. The molecule has 0 rings (SSSR count). The Morgan fingerprint density at radius 3 is 1.44 bits per heavy atom. The fraction of sp³-hybridized carbons (Fsp3) is 0.950. The molecule has 0 aromatic rings. The van der Waals surface area contributed by atoms with Crippen LogP contribution in [0.5, 0.6) is 0 Å². The van der Waals surface area contributed by atoms with Gasteiger partial charge in [-0.05, 0) is 12.8 Å². The Morgan fingerprint density at radius 1 is 0.620 bits per heavy atom. The number of quaternary nitrogens is 1. The third-order valence-electron chi connectivity index (χ3n) is 9.13. The van der Waals surface area contributed by atoms with Gasteiger partial charge in [0, 0.05) is 12.8 Å². The van der Waals surface area contributed by atoms with Crippen molar-refractivity contribution in [3.05, 3.63) is 0 Å². The summed E-state index contributed by atoms with van der Waals surface area (Å²) in [6, 6.07) is 0. The number of ether oxygens (including phenoxy) is 2. The molecule has 0 aliphatic rings. The number of unbranched alkanes of at least 4 members (excludes halogenated alkanes) is 24. The maximum absolute atomic E-state index is 12.6. The van der Waals surface area contributed by atoms with Crippen LogP contribution in [0.1, 0.15) is 194 Å². The van der Waals surface area contributed by atoms with Crippen LogP contribution < -0.4 is 4.89 Å². The minimum atomic E-state index is -4.61. The molecular weight excluding hydrogens is 655 g/mol. The molecule has 0 radical (unpaired) electrons. The van der Waals surface area contributed by atoms with Gasteiger partial charge in [0.25, 0.3) is 7.82 Å². The second-order valence-corrected chi connectivity index (χ2v) is 16.8. The molecule has 0 aliphatic carbocycles. The van der Waals surface area contributed by atoms with E-state index >= 15 is 0 Å². The molecule has 1 unspecified atom stereocenters. The summed E-state index contributed by atoms with van der Waals surface area (Å²) in [4.78, 5) is 37.4. The molecule has 0 bridgehead atoms. The van der Waals surface area contributed by atoms with E-state index in [2.05, 4.69) is 13.8 Å². The number of carbonyl (C=O) groups is 2. The number of carbonyl (C=O) groups excluding carboxylic acids is 2. The van der Waals surface area contributed by atoms with Gasteiger partial charge in [-0.1, -0.05) is 168 Å². The molecule has 10 heteroatoms. The maximum atomic E-state index is 12.6. The summed E-state index contributed by atoms with van der Waals surface area (Å²) in [5, 5.41) is 0. The van der Waals surface area contributed by atoms with Crippen molar-refractivity contribution < 1.29 is 42.1 Å². The Morgan fingerprint density at radius 2 is 1.02 bits per heavy atom. The van der Waals surface area contributed by atoms with Crippen LogP contribution in [0.4, 0.5) is 0 Å². The third kappa shape index (κ3) is 36.8. The Balaban J connectivity index is 4.36. The molecule has 0 fully saturated rings. The van der Waals surface area contributed by atoms with Crippen molar-refractivity contribution in [1.82, 2.24) is 0 Å². The van der Waals surface area contributed by atoms with E-state index in [1.54, 1.807) is 0 Å². The number of likely N-dealkylation sites (N-methyl/N-ethyl adjacent to an activating group) is 1. The summed E-state index contributed by atoms with van der Waals surface area (Å²) in [7, 11) is 1.18. The molecule has 0 aromatic carbocycles. The van der Waals surface area contributed by atoms with Crippen LogP contribution in [-0.4, -0.2) is 70.0 Å². The van der Waals surface area contributed by atoms with E-state index in [9.17, 15) is 19.0 Å². The number of hydrogen-bond acceptors (Lipinski definition) is 8. The Hall–Kier alpha value is -0.990. The number of rotatable bonds is 38. The van der Waals surface area contributed by atoms with Crippen molar-refractivity contribution in [2.45, 2.75) is 200 Å². The van der Waals surface area contributed by atoms with Gasteiger partial charge in [0.2, 0.25) is 0 Å². The summed E-state index contributed by atoms with van der Waals surface area (Å²) in [6.45, 7) is 4.24. The van der Waals surface area contributed by atoms with Gasteiger partial charge in [-0.15, -0.1) is 0 Å². The maximum Gasteiger partial charge on any atom is 0.306 e. The van der Waals surface area contributed by atoms with Crippen LogP contribution in [0.25, 0.3) is 0 Å². The van der Waals surface area contributed by atoms with E-state index < -0.39 is 26.5 Å². The number of esters is 2. The van der Waals surface area contributed by atoms with Gasteiger partial charge in [0.15, 0.2) is 6.10 Å². The topological polar surface area (TPSA) is 111 Å². The fourth-order valence-electron chi connectivity index (χ4n) is 5.83. The lowest BCUT2D eigenvalue weighted by molar-refractivity contribution is -0.870. The van der Waals surface area contributed by atoms with E-state index in [0.717, 1.165) is 32.1 Å². The SMILES string of the molecule is CCCCCCCCCCCCCCCC(=O)OC[C@H](COP(=O)([O-])OCC[N+](C)(C)C)O[14C](=O)CCCCCCCCCCCCCCC. The van der Waals surface area contributed by atoms with Gasteiger partial charge in [0.1, 0.15) is 19.8 Å². The normalized spacial score (nSPS) is 13.6. The molecule has 0 amide bonds. The van der Waals surface area contributed by atoms with Crippen molar-refractivity contribution >= 4 is 19.8 Å². The zero-order valence-corrected chi connectivity index (χ0v) is 34.3. The highest BCUT2D eigenvalue weighted by Crippen LogP contribution is 2.38. The molecule has 0 saturated heterocycles. The summed E-state index contributed by atoms with van der Waals surface area (Å²) in [6.07, 6.45) is 31.2. The predicted molar refractivity (Wildman–Crippen MR) is 204 cm³/mol. The highest BCUT2D eigenvalue weighted by Gasteiger charge is 2.21. The summed E-state index contributed by atoms with van der Waals surface area (Å²) in [5.74, 6) is -0.823. The van der Waals surface area contributed by atoms with Crippen LogP contribution >= 0.6 is 7.82 Å². The number of phosphoric ester groups is 1. The fourth-order valence-corrected chi connectivity index (χ4v) is 6.56.